The topological polar surface area (TPSA) is 73.0 Å². The summed E-state index contributed by atoms with van der Waals surface area (Å²) in [5.74, 6) is -1.55. The fourth-order valence-corrected chi connectivity index (χ4v) is 5.65. The molecule has 0 spiro atoms. The first-order chi connectivity index (χ1) is 16.7. The van der Waals surface area contributed by atoms with E-state index in [1.54, 1.807) is 6.07 Å². The van der Waals surface area contributed by atoms with Gasteiger partial charge in [-0.15, -0.1) is 0 Å². The fraction of sp³-hybridized carbons (Fsp3) is 0.444. The van der Waals surface area contributed by atoms with Gasteiger partial charge in [0.2, 0.25) is 11.8 Å². The van der Waals surface area contributed by atoms with Crippen LogP contribution < -0.4 is 10.2 Å². The predicted molar refractivity (Wildman–Crippen MR) is 131 cm³/mol. The molecule has 7 nitrogen and oxygen atoms in total. The molecule has 2 aromatic carbocycles. The Morgan fingerprint density at radius 2 is 1.66 bits per heavy atom. The van der Waals surface area contributed by atoms with Gasteiger partial charge in [-0.25, -0.2) is 4.39 Å². The van der Waals surface area contributed by atoms with Crippen LogP contribution in [0.25, 0.3) is 0 Å². The molecule has 1 atom stereocenters. The van der Waals surface area contributed by atoms with E-state index in [0.717, 1.165) is 25.2 Å². The number of nitrogens with one attached hydrogen (secondary N) is 1. The van der Waals surface area contributed by atoms with E-state index in [1.165, 1.54) is 33.2 Å². The number of halogens is 1. The zero-order valence-corrected chi connectivity index (χ0v) is 20.5. The Bertz CT molecular complexity index is 1200. The molecule has 35 heavy (non-hydrogen) atoms. The van der Waals surface area contributed by atoms with E-state index in [9.17, 15) is 14.4 Å². The van der Waals surface area contributed by atoms with Crippen LogP contribution in [0.1, 0.15) is 51.0 Å². The van der Waals surface area contributed by atoms with Gasteiger partial charge in [0, 0.05) is 51.3 Å². The molecule has 8 heteroatoms. The van der Waals surface area contributed by atoms with Gasteiger partial charge in [0.1, 0.15) is 11.9 Å². The van der Waals surface area contributed by atoms with Gasteiger partial charge in [-0.05, 0) is 61.6 Å². The van der Waals surface area contributed by atoms with Crippen LogP contribution in [-0.2, 0) is 22.7 Å². The number of aryl methyl sites for hydroxylation is 3. The van der Waals surface area contributed by atoms with E-state index in [-0.39, 0.29) is 24.8 Å². The van der Waals surface area contributed by atoms with Crippen molar-refractivity contribution in [3.05, 3.63) is 63.5 Å². The summed E-state index contributed by atoms with van der Waals surface area (Å²) in [6.07, 6.45) is 0.490. The standard InChI is InChI=1S/C27H31FN4O3/c1-16-10-17(2)21(18(3)11-16)15-30-6-8-31(9-7-30)24-12-19-14-32(27(35)20(19)13-22(24)28)23-4-5-25(33)29-26(23)34/h10-13,23H,4-9,14-15H2,1-3H3,(H,29,33,34). The van der Waals surface area contributed by atoms with Gasteiger partial charge in [0.05, 0.1) is 5.69 Å². The molecular weight excluding hydrogens is 447 g/mol. The molecule has 0 saturated carbocycles. The minimum Gasteiger partial charge on any atom is -0.367 e. The maximum absolute atomic E-state index is 15.1. The summed E-state index contributed by atoms with van der Waals surface area (Å²) in [5.41, 5.74) is 6.78. The highest BCUT2D eigenvalue weighted by Gasteiger charge is 2.40. The van der Waals surface area contributed by atoms with Crippen molar-refractivity contribution in [2.45, 2.75) is 52.7 Å². The number of rotatable bonds is 4. The zero-order chi connectivity index (χ0) is 24.9. The minimum absolute atomic E-state index is 0.196. The normalized spacial score (nSPS) is 20.9. The second-order valence-electron chi connectivity index (χ2n) is 10.0. The third-order valence-electron chi connectivity index (χ3n) is 7.53. The van der Waals surface area contributed by atoms with Crippen LogP contribution in [0.3, 0.4) is 0 Å². The van der Waals surface area contributed by atoms with Crippen LogP contribution in [0.5, 0.6) is 0 Å². The smallest absolute Gasteiger partial charge is 0.255 e. The van der Waals surface area contributed by atoms with Gasteiger partial charge in [-0.1, -0.05) is 17.7 Å². The van der Waals surface area contributed by atoms with Crippen LogP contribution in [0, 0.1) is 26.6 Å². The molecule has 3 aliphatic rings. The van der Waals surface area contributed by atoms with Crippen molar-refractivity contribution < 1.29 is 18.8 Å². The minimum atomic E-state index is -0.698. The molecule has 0 radical (unpaired) electrons. The average Bonchev–Trinajstić information content (AvgIpc) is 3.11. The summed E-state index contributed by atoms with van der Waals surface area (Å²) in [6.45, 7) is 10.6. The molecule has 3 aliphatic heterocycles. The number of fused-ring (bicyclic) bond motifs is 1. The Morgan fingerprint density at radius 1 is 0.971 bits per heavy atom. The molecule has 0 aromatic heterocycles. The van der Waals surface area contributed by atoms with Crippen molar-refractivity contribution in [1.82, 2.24) is 15.1 Å². The molecule has 3 amide bonds. The van der Waals surface area contributed by atoms with Gasteiger partial charge in [0.15, 0.2) is 0 Å². The summed E-state index contributed by atoms with van der Waals surface area (Å²) in [5, 5.41) is 2.30. The second kappa shape index (κ2) is 9.07. The number of piperazine rings is 1. The van der Waals surface area contributed by atoms with Crippen molar-refractivity contribution >= 4 is 23.4 Å². The maximum atomic E-state index is 15.1. The number of imide groups is 1. The van der Waals surface area contributed by atoms with Gasteiger partial charge >= 0.3 is 0 Å². The van der Waals surface area contributed by atoms with Gasteiger partial charge in [-0.2, -0.15) is 0 Å². The Labute approximate surface area is 204 Å². The number of benzene rings is 2. The molecule has 184 valence electrons. The van der Waals surface area contributed by atoms with Gasteiger partial charge in [0.25, 0.3) is 5.91 Å². The average molecular weight is 479 g/mol. The lowest BCUT2D eigenvalue weighted by molar-refractivity contribution is -0.136. The summed E-state index contributed by atoms with van der Waals surface area (Å²) in [7, 11) is 0. The summed E-state index contributed by atoms with van der Waals surface area (Å²) < 4.78 is 15.1. The third-order valence-corrected chi connectivity index (χ3v) is 7.53. The quantitative estimate of drug-likeness (QED) is 0.685. The van der Waals surface area contributed by atoms with E-state index in [2.05, 4.69) is 43.1 Å². The zero-order valence-electron chi connectivity index (χ0n) is 20.5. The lowest BCUT2D eigenvalue weighted by atomic mass is 9.99. The van der Waals surface area contributed by atoms with Crippen molar-refractivity contribution in [2.24, 2.45) is 0 Å². The highest BCUT2D eigenvalue weighted by atomic mass is 19.1. The maximum Gasteiger partial charge on any atom is 0.255 e. The first kappa shape index (κ1) is 23.5. The van der Waals surface area contributed by atoms with E-state index in [4.69, 9.17) is 0 Å². The SMILES string of the molecule is Cc1cc(C)c(CN2CCN(c3cc4c(cc3F)C(=O)N(C3CCC(=O)NC3=O)C4)CC2)c(C)c1. The van der Waals surface area contributed by atoms with Crippen molar-refractivity contribution in [2.75, 3.05) is 31.1 Å². The van der Waals surface area contributed by atoms with Crippen LogP contribution in [0.4, 0.5) is 10.1 Å². The highest BCUT2D eigenvalue weighted by Crippen LogP contribution is 2.33. The first-order valence-electron chi connectivity index (χ1n) is 12.2. The molecule has 1 unspecified atom stereocenters. The number of piperidine rings is 1. The Morgan fingerprint density at radius 3 is 2.31 bits per heavy atom. The number of anilines is 1. The van der Waals surface area contributed by atoms with Crippen molar-refractivity contribution in [3.8, 4) is 0 Å². The molecule has 3 heterocycles. The van der Waals surface area contributed by atoms with E-state index >= 15 is 4.39 Å². The molecule has 0 aliphatic carbocycles. The predicted octanol–water partition coefficient (Wildman–Crippen LogP) is 2.83. The first-order valence-corrected chi connectivity index (χ1v) is 12.2. The van der Waals surface area contributed by atoms with Crippen molar-refractivity contribution in [3.63, 3.8) is 0 Å². The van der Waals surface area contributed by atoms with Crippen LogP contribution >= 0.6 is 0 Å². The van der Waals surface area contributed by atoms with Crippen molar-refractivity contribution in [1.29, 1.82) is 0 Å². The number of nitrogens with zero attached hydrogens (tertiary/aromatic N) is 3. The number of hydrogen-bond donors (Lipinski definition) is 1. The molecule has 1 N–H and O–H groups in total. The van der Waals surface area contributed by atoms with Gasteiger partial charge in [-0.3, -0.25) is 24.6 Å². The Balaban J connectivity index is 1.27. The Kier molecular flexibility index (Phi) is 6.09. The van der Waals surface area contributed by atoms with Crippen LogP contribution in [0.2, 0.25) is 0 Å². The lowest BCUT2D eigenvalue weighted by Gasteiger charge is -2.37. The van der Waals surface area contributed by atoms with E-state index < -0.39 is 17.8 Å². The lowest BCUT2D eigenvalue weighted by Crippen LogP contribution is -2.52. The number of carbonyl (C=O) groups excluding carboxylic acids is 3. The number of amides is 3. The fourth-order valence-electron chi connectivity index (χ4n) is 5.65. The third kappa shape index (κ3) is 4.43. The van der Waals surface area contributed by atoms with Gasteiger partial charge < -0.3 is 9.80 Å². The summed E-state index contributed by atoms with van der Waals surface area (Å²) in [6, 6.07) is 6.81. The number of hydrogen-bond acceptors (Lipinski definition) is 5. The largest absolute Gasteiger partial charge is 0.367 e. The van der Waals surface area contributed by atoms with E-state index in [0.29, 0.717) is 30.8 Å². The summed E-state index contributed by atoms with van der Waals surface area (Å²) in [4.78, 5) is 42.6. The molecular formula is C27H31FN4O3. The highest BCUT2D eigenvalue weighted by molar-refractivity contribution is 6.05. The van der Waals surface area contributed by atoms with Crippen LogP contribution in [-0.4, -0.2) is 59.7 Å². The Hall–Kier alpha value is -3.26. The molecule has 2 aromatic rings. The van der Waals surface area contributed by atoms with E-state index in [1.807, 2.05) is 4.90 Å². The monoisotopic (exact) mass is 478 g/mol. The molecule has 2 fully saturated rings. The number of carbonyl (C=O) groups is 3. The van der Waals surface area contributed by atoms with Crippen LogP contribution in [0.15, 0.2) is 24.3 Å². The second-order valence-corrected chi connectivity index (χ2v) is 10.0. The molecule has 0 bridgehead atoms. The molecule has 5 rings (SSSR count). The summed E-state index contributed by atoms with van der Waals surface area (Å²) >= 11 is 0. The molecule has 2 saturated heterocycles.